The molecule has 1 aromatic rings. The monoisotopic (exact) mass is 283 g/mol. The van der Waals surface area contributed by atoms with Crippen LogP contribution in [0.1, 0.15) is 28.2 Å². The van der Waals surface area contributed by atoms with Crippen molar-refractivity contribution >= 4 is 23.6 Å². The standard InChI is InChI=1S/C12H17N3O3S/c1-7-11(8(2)14-13-7)12(18)15-3-4-19-6-9(15)5-10(16)17/h9H,3-6H2,1-2H3,(H,13,14)(H,16,17). The van der Waals surface area contributed by atoms with Crippen molar-refractivity contribution in [3.63, 3.8) is 0 Å². The predicted molar refractivity (Wildman–Crippen MR) is 72.5 cm³/mol. The second-order valence-electron chi connectivity index (χ2n) is 4.63. The topological polar surface area (TPSA) is 86.3 Å². The first kappa shape index (κ1) is 13.9. The molecule has 1 aromatic heterocycles. The summed E-state index contributed by atoms with van der Waals surface area (Å²) in [5, 5.41) is 15.8. The van der Waals surface area contributed by atoms with E-state index in [9.17, 15) is 9.59 Å². The number of rotatable bonds is 3. The first-order chi connectivity index (χ1) is 9.00. The maximum Gasteiger partial charge on any atom is 0.305 e. The number of aryl methyl sites for hydroxylation is 2. The number of nitrogens with one attached hydrogen (secondary N) is 1. The fourth-order valence-corrected chi connectivity index (χ4v) is 3.36. The Balaban J connectivity index is 2.22. The Bertz CT molecular complexity index is 481. The summed E-state index contributed by atoms with van der Waals surface area (Å²) in [6.45, 7) is 4.17. The molecule has 1 aliphatic heterocycles. The number of hydrogen-bond donors (Lipinski definition) is 2. The summed E-state index contributed by atoms with van der Waals surface area (Å²) in [5.74, 6) is 0.535. The molecule has 0 saturated carbocycles. The van der Waals surface area contributed by atoms with Gasteiger partial charge in [0, 0.05) is 23.7 Å². The molecule has 1 aliphatic rings. The van der Waals surface area contributed by atoms with Crippen LogP contribution >= 0.6 is 11.8 Å². The van der Waals surface area contributed by atoms with Crippen LogP contribution in [-0.2, 0) is 4.79 Å². The van der Waals surface area contributed by atoms with Gasteiger partial charge in [-0.05, 0) is 13.8 Å². The van der Waals surface area contributed by atoms with Gasteiger partial charge < -0.3 is 10.0 Å². The first-order valence-corrected chi connectivity index (χ1v) is 7.28. The first-order valence-electron chi connectivity index (χ1n) is 6.12. The third-order valence-electron chi connectivity index (χ3n) is 3.24. The third-order valence-corrected chi connectivity index (χ3v) is 4.33. The molecule has 0 bridgehead atoms. The largest absolute Gasteiger partial charge is 0.481 e. The molecule has 1 atom stereocenters. The minimum Gasteiger partial charge on any atom is -0.481 e. The number of carboxylic acids is 1. The number of nitrogens with zero attached hydrogens (tertiary/aromatic N) is 2. The lowest BCUT2D eigenvalue weighted by Crippen LogP contribution is -2.47. The van der Waals surface area contributed by atoms with Crippen molar-refractivity contribution in [3.8, 4) is 0 Å². The van der Waals surface area contributed by atoms with E-state index in [1.54, 1.807) is 30.5 Å². The van der Waals surface area contributed by atoms with Crippen molar-refractivity contribution in [2.24, 2.45) is 0 Å². The average Bonchev–Trinajstić information content (AvgIpc) is 2.68. The minimum absolute atomic E-state index is 0.00527. The van der Waals surface area contributed by atoms with Crippen molar-refractivity contribution in [2.75, 3.05) is 18.1 Å². The molecule has 1 fully saturated rings. The molecule has 7 heteroatoms. The molecule has 2 N–H and O–H groups in total. The SMILES string of the molecule is Cc1n[nH]c(C)c1C(=O)N1CCSCC1CC(=O)O. The van der Waals surface area contributed by atoms with E-state index in [2.05, 4.69) is 10.2 Å². The Labute approximate surface area is 115 Å². The van der Waals surface area contributed by atoms with E-state index < -0.39 is 5.97 Å². The Kier molecular flexibility index (Phi) is 4.14. The highest BCUT2D eigenvalue weighted by atomic mass is 32.2. The van der Waals surface area contributed by atoms with E-state index in [0.717, 1.165) is 11.4 Å². The summed E-state index contributed by atoms with van der Waals surface area (Å²) >= 11 is 1.69. The minimum atomic E-state index is -0.870. The molecule has 6 nitrogen and oxygen atoms in total. The highest BCUT2D eigenvalue weighted by molar-refractivity contribution is 7.99. The molecular formula is C12H17N3O3S. The summed E-state index contributed by atoms with van der Waals surface area (Å²) in [6, 6.07) is -0.238. The van der Waals surface area contributed by atoms with E-state index in [1.807, 2.05) is 0 Å². The van der Waals surface area contributed by atoms with E-state index in [1.165, 1.54) is 0 Å². The number of carbonyl (C=O) groups is 2. The van der Waals surface area contributed by atoms with Crippen molar-refractivity contribution < 1.29 is 14.7 Å². The number of aromatic nitrogens is 2. The van der Waals surface area contributed by atoms with Crippen molar-refractivity contribution in [1.82, 2.24) is 15.1 Å². The number of carbonyl (C=O) groups excluding carboxylic acids is 1. The Morgan fingerprint density at radius 3 is 2.84 bits per heavy atom. The summed E-state index contributed by atoms with van der Waals surface area (Å²) in [6.07, 6.45) is -0.00527. The lowest BCUT2D eigenvalue weighted by molar-refractivity contribution is -0.138. The zero-order valence-electron chi connectivity index (χ0n) is 11.0. The van der Waals surface area contributed by atoms with E-state index in [0.29, 0.717) is 23.6 Å². The quantitative estimate of drug-likeness (QED) is 0.866. The number of carboxylic acid groups (broad SMARTS) is 1. The summed E-state index contributed by atoms with van der Waals surface area (Å²) in [4.78, 5) is 25.1. The average molecular weight is 283 g/mol. The normalized spacial score (nSPS) is 19.5. The smallest absolute Gasteiger partial charge is 0.305 e. The molecule has 19 heavy (non-hydrogen) atoms. The lowest BCUT2D eigenvalue weighted by atomic mass is 10.1. The molecule has 1 unspecified atom stereocenters. The molecule has 0 spiro atoms. The maximum absolute atomic E-state index is 12.6. The number of H-pyrrole nitrogens is 1. The maximum atomic E-state index is 12.6. The lowest BCUT2D eigenvalue weighted by Gasteiger charge is -2.34. The Morgan fingerprint density at radius 1 is 1.53 bits per heavy atom. The second kappa shape index (κ2) is 5.64. The molecule has 2 rings (SSSR count). The third kappa shape index (κ3) is 2.91. The van der Waals surface area contributed by atoms with Crippen LogP contribution in [-0.4, -0.2) is 56.2 Å². The van der Waals surface area contributed by atoms with Crippen molar-refractivity contribution in [1.29, 1.82) is 0 Å². The molecule has 1 amide bonds. The molecule has 104 valence electrons. The van der Waals surface area contributed by atoms with Gasteiger partial charge in [-0.15, -0.1) is 0 Å². The molecule has 0 aliphatic carbocycles. The fourth-order valence-electron chi connectivity index (χ4n) is 2.30. The van der Waals surface area contributed by atoms with E-state index in [4.69, 9.17) is 5.11 Å². The van der Waals surface area contributed by atoms with Crippen molar-refractivity contribution in [2.45, 2.75) is 26.3 Å². The molecular weight excluding hydrogens is 266 g/mol. The zero-order valence-corrected chi connectivity index (χ0v) is 11.8. The molecule has 0 radical (unpaired) electrons. The van der Waals surface area contributed by atoms with Gasteiger partial charge in [-0.2, -0.15) is 16.9 Å². The van der Waals surface area contributed by atoms with Crippen LogP contribution in [0.2, 0.25) is 0 Å². The zero-order chi connectivity index (χ0) is 14.0. The van der Waals surface area contributed by atoms with Crippen LogP contribution < -0.4 is 0 Å². The van der Waals surface area contributed by atoms with Gasteiger partial charge in [-0.3, -0.25) is 14.7 Å². The number of aliphatic carboxylic acids is 1. The Morgan fingerprint density at radius 2 is 2.26 bits per heavy atom. The van der Waals surface area contributed by atoms with Crippen LogP contribution in [0.15, 0.2) is 0 Å². The highest BCUT2D eigenvalue weighted by Crippen LogP contribution is 2.23. The number of hydrogen-bond acceptors (Lipinski definition) is 4. The second-order valence-corrected chi connectivity index (χ2v) is 5.78. The van der Waals surface area contributed by atoms with Gasteiger partial charge in [0.05, 0.1) is 23.7 Å². The van der Waals surface area contributed by atoms with Gasteiger partial charge in [-0.1, -0.05) is 0 Å². The molecule has 0 aromatic carbocycles. The van der Waals surface area contributed by atoms with Crippen LogP contribution in [0.3, 0.4) is 0 Å². The summed E-state index contributed by atoms with van der Waals surface area (Å²) < 4.78 is 0. The number of thioether (sulfide) groups is 1. The van der Waals surface area contributed by atoms with E-state index >= 15 is 0 Å². The van der Waals surface area contributed by atoms with Gasteiger partial charge in [0.15, 0.2) is 0 Å². The fraction of sp³-hybridized carbons (Fsp3) is 0.583. The van der Waals surface area contributed by atoms with Gasteiger partial charge in [0.25, 0.3) is 5.91 Å². The molecule has 2 heterocycles. The Hall–Kier alpha value is -1.50. The van der Waals surface area contributed by atoms with E-state index in [-0.39, 0.29) is 18.4 Å². The van der Waals surface area contributed by atoms with Gasteiger partial charge in [-0.25, -0.2) is 0 Å². The van der Waals surface area contributed by atoms with Crippen LogP contribution in [0.4, 0.5) is 0 Å². The van der Waals surface area contributed by atoms with Gasteiger partial charge in [0.2, 0.25) is 0 Å². The van der Waals surface area contributed by atoms with Crippen LogP contribution in [0, 0.1) is 13.8 Å². The van der Waals surface area contributed by atoms with Crippen LogP contribution in [0.5, 0.6) is 0 Å². The summed E-state index contributed by atoms with van der Waals surface area (Å²) in [7, 11) is 0. The van der Waals surface area contributed by atoms with Crippen LogP contribution in [0.25, 0.3) is 0 Å². The predicted octanol–water partition coefficient (Wildman–Crippen LogP) is 1.06. The number of amides is 1. The van der Waals surface area contributed by atoms with Gasteiger partial charge >= 0.3 is 5.97 Å². The van der Waals surface area contributed by atoms with Crippen molar-refractivity contribution in [3.05, 3.63) is 17.0 Å². The van der Waals surface area contributed by atoms with Gasteiger partial charge in [0.1, 0.15) is 0 Å². The number of aromatic amines is 1. The highest BCUT2D eigenvalue weighted by Gasteiger charge is 2.31. The molecule has 1 saturated heterocycles. The summed E-state index contributed by atoms with van der Waals surface area (Å²) in [5.41, 5.74) is 1.96.